The predicted molar refractivity (Wildman–Crippen MR) is 73.6 cm³/mol. The highest BCUT2D eigenvalue weighted by Crippen LogP contribution is 2.19. The lowest BCUT2D eigenvalue weighted by atomic mass is 10.1. The number of nitrogens with zero attached hydrogens (tertiary/aromatic N) is 4. The second kappa shape index (κ2) is 5.53. The fourth-order valence-electron chi connectivity index (χ4n) is 1.87. The highest BCUT2D eigenvalue weighted by molar-refractivity contribution is 5.97. The van der Waals surface area contributed by atoms with Gasteiger partial charge >= 0.3 is 0 Å². The predicted octanol–water partition coefficient (Wildman–Crippen LogP) is 0.686. The number of rotatable bonds is 4. The minimum absolute atomic E-state index is 0.204. The lowest BCUT2D eigenvalue weighted by molar-refractivity contribution is 0.0949. The molecule has 21 heavy (non-hydrogen) atoms. The van der Waals surface area contributed by atoms with Crippen LogP contribution in [0.5, 0.6) is 5.75 Å². The summed E-state index contributed by atoms with van der Waals surface area (Å²) in [5.41, 5.74) is 1.24. The van der Waals surface area contributed by atoms with E-state index in [1.165, 1.54) is 6.20 Å². The topological polar surface area (TPSA) is 106 Å². The van der Waals surface area contributed by atoms with E-state index in [-0.39, 0.29) is 12.5 Å². The summed E-state index contributed by atoms with van der Waals surface area (Å²) >= 11 is 0. The molecule has 2 N–H and O–H groups in total. The van der Waals surface area contributed by atoms with Crippen LogP contribution in [-0.2, 0) is 6.54 Å². The van der Waals surface area contributed by atoms with Crippen LogP contribution in [0, 0.1) is 0 Å². The van der Waals surface area contributed by atoms with Crippen molar-refractivity contribution in [3.05, 3.63) is 41.9 Å². The third-order valence-electron chi connectivity index (χ3n) is 2.95. The van der Waals surface area contributed by atoms with Gasteiger partial charge in [-0.2, -0.15) is 5.21 Å². The molecule has 3 rings (SSSR count). The standard InChI is InChI=1S/C13H12N6O2/c1-21-10-3-2-8-4-9(6-14-11(8)5-10)13(20)15-7-12-16-18-19-17-12/h2-6H,7H2,1H3,(H,15,20)(H,16,17,18,19). The van der Waals surface area contributed by atoms with Gasteiger partial charge in [0, 0.05) is 17.6 Å². The Bertz CT molecular complexity index is 771. The van der Waals surface area contributed by atoms with Gasteiger partial charge in [-0.3, -0.25) is 9.78 Å². The molecule has 2 heterocycles. The van der Waals surface area contributed by atoms with Crippen molar-refractivity contribution in [2.24, 2.45) is 0 Å². The van der Waals surface area contributed by atoms with E-state index >= 15 is 0 Å². The van der Waals surface area contributed by atoms with Crippen LogP contribution in [0.2, 0.25) is 0 Å². The van der Waals surface area contributed by atoms with Crippen molar-refractivity contribution in [3.63, 3.8) is 0 Å². The first-order valence-corrected chi connectivity index (χ1v) is 6.20. The number of pyridine rings is 1. The Hall–Kier alpha value is -3.03. The molecule has 0 aliphatic rings. The quantitative estimate of drug-likeness (QED) is 0.730. The number of nitrogens with one attached hydrogen (secondary N) is 2. The molecule has 0 atom stereocenters. The van der Waals surface area contributed by atoms with Crippen LogP contribution < -0.4 is 10.1 Å². The summed E-state index contributed by atoms with van der Waals surface area (Å²) in [6.45, 7) is 0.204. The highest BCUT2D eigenvalue weighted by atomic mass is 16.5. The molecule has 0 unspecified atom stereocenters. The minimum atomic E-state index is -0.245. The third-order valence-corrected chi connectivity index (χ3v) is 2.95. The Morgan fingerprint density at radius 3 is 3.05 bits per heavy atom. The number of fused-ring (bicyclic) bond motifs is 1. The van der Waals surface area contributed by atoms with E-state index in [4.69, 9.17) is 4.74 Å². The van der Waals surface area contributed by atoms with Crippen LogP contribution in [0.1, 0.15) is 16.2 Å². The molecular weight excluding hydrogens is 272 g/mol. The van der Waals surface area contributed by atoms with Crippen LogP contribution in [0.25, 0.3) is 10.9 Å². The first-order valence-electron chi connectivity index (χ1n) is 6.20. The van der Waals surface area contributed by atoms with E-state index in [2.05, 4.69) is 30.9 Å². The highest BCUT2D eigenvalue weighted by Gasteiger charge is 2.09. The van der Waals surface area contributed by atoms with Crippen molar-refractivity contribution in [1.82, 2.24) is 30.9 Å². The van der Waals surface area contributed by atoms with E-state index in [1.807, 2.05) is 18.2 Å². The monoisotopic (exact) mass is 284 g/mol. The number of H-pyrrole nitrogens is 1. The van der Waals surface area contributed by atoms with Crippen LogP contribution in [0.15, 0.2) is 30.5 Å². The van der Waals surface area contributed by atoms with E-state index in [0.29, 0.717) is 11.4 Å². The Morgan fingerprint density at radius 2 is 2.29 bits per heavy atom. The number of aromatic nitrogens is 5. The SMILES string of the molecule is COc1ccc2cc(C(=O)NCc3nn[nH]n3)cnc2c1. The molecule has 0 fully saturated rings. The van der Waals surface area contributed by atoms with Crippen LogP contribution in [-0.4, -0.2) is 38.6 Å². The lowest BCUT2D eigenvalue weighted by Crippen LogP contribution is -2.23. The Balaban J connectivity index is 1.78. The molecule has 0 radical (unpaired) electrons. The molecule has 106 valence electrons. The van der Waals surface area contributed by atoms with Gasteiger partial charge in [0.15, 0.2) is 5.82 Å². The van der Waals surface area contributed by atoms with Gasteiger partial charge in [-0.15, -0.1) is 10.2 Å². The zero-order chi connectivity index (χ0) is 14.7. The first-order chi connectivity index (χ1) is 10.3. The van der Waals surface area contributed by atoms with Crippen molar-refractivity contribution in [2.75, 3.05) is 7.11 Å². The van der Waals surface area contributed by atoms with Crippen molar-refractivity contribution >= 4 is 16.8 Å². The number of hydrogen-bond donors (Lipinski definition) is 2. The summed E-state index contributed by atoms with van der Waals surface area (Å²) in [6.07, 6.45) is 1.52. The fourth-order valence-corrected chi connectivity index (χ4v) is 1.87. The molecule has 8 heteroatoms. The molecule has 0 aliphatic carbocycles. The van der Waals surface area contributed by atoms with Gasteiger partial charge < -0.3 is 10.1 Å². The normalized spacial score (nSPS) is 10.5. The number of aromatic amines is 1. The van der Waals surface area contributed by atoms with E-state index in [9.17, 15) is 4.79 Å². The number of methoxy groups -OCH3 is 1. The van der Waals surface area contributed by atoms with Gasteiger partial charge in [0.25, 0.3) is 5.91 Å². The van der Waals surface area contributed by atoms with Gasteiger partial charge in [-0.25, -0.2) is 0 Å². The first kappa shape index (κ1) is 13.0. The Kier molecular flexibility index (Phi) is 3.42. The van der Waals surface area contributed by atoms with Gasteiger partial charge in [0.2, 0.25) is 0 Å². The summed E-state index contributed by atoms with van der Waals surface area (Å²) in [5, 5.41) is 16.8. The maximum absolute atomic E-state index is 12.0. The smallest absolute Gasteiger partial charge is 0.253 e. The molecule has 0 saturated heterocycles. The number of amides is 1. The van der Waals surface area contributed by atoms with Gasteiger partial charge in [0.05, 0.1) is 24.7 Å². The zero-order valence-electron chi connectivity index (χ0n) is 11.2. The molecule has 2 aromatic heterocycles. The number of tetrazole rings is 1. The van der Waals surface area contributed by atoms with Crippen LogP contribution in [0.3, 0.4) is 0 Å². The number of benzene rings is 1. The number of carbonyl (C=O) groups excluding carboxylic acids is 1. The van der Waals surface area contributed by atoms with Crippen molar-refractivity contribution in [1.29, 1.82) is 0 Å². The molecule has 0 spiro atoms. The van der Waals surface area contributed by atoms with Crippen molar-refractivity contribution < 1.29 is 9.53 Å². The summed E-state index contributed by atoms with van der Waals surface area (Å²) in [5.74, 6) is 0.899. The van der Waals surface area contributed by atoms with E-state index < -0.39 is 0 Å². The van der Waals surface area contributed by atoms with Crippen molar-refractivity contribution in [2.45, 2.75) is 6.54 Å². The Morgan fingerprint density at radius 1 is 1.38 bits per heavy atom. The summed E-state index contributed by atoms with van der Waals surface area (Å²) < 4.78 is 5.14. The second-order valence-corrected chi connectivity index (χ2v) is 4.29. The average molecular weight is 284 g/mol. The molecule has 3 aromatic rings. The molecular formula is C13H12N6O2. The number of ether oxygens (including phenoxy) is 1. The zero-order valence-corrected chi connectivity index (χ0v) is 11.2. The second-order valence-electron chi connectivity index (χ2n) is 4.29. The minimum Gasteiger partial charge on any atom is -0.497 e. The van der Waals surface area contributed by atoms with Crippen LogP contribution in [0.4, 0.5) is 0 Å². The maximum Gasteiger partial charge on any atom is 0.253 e. The molecule has 1 amide bonds. The Labute approximate surface area is 119 Å². The molecule has 0 aliphatic heterocycles. The lowest BCUT2D eigenvalue weighted by Gasteiger charge is -2.05. The summed E-state index contributed by atoms with van der Waals surface area (Å²) in [6, 6.07) is 7.27. The van der Waals surface area contributed by atoms with Gasteiger partial charge in [-0.1, -0.05) is 5.21 Å². The maximum atomic E-state index is 12.0. The average Bonchev–Trinajstić information content (AvgIpc) is 3.05. The van der Waals surface area contributed by atoms with E-state index in [0.717, 1.165) is 16.7 Å². The molecule has 0 saturated carbocycles. The van der Waals surface area contributed by atoms with Crippen LogP contribution >= 0.6 is 0 Å². The van der Waals surface area contributed by atoms with Gasteiger partial charge in [0.1, 0.15) is 5.75 Å². The molecule has 0 bridgehead atoms. The summed E-state index contributed by atoms with van der Waals surface area (Å²) in [7, 11) is 1.60. The fraction of sp³-hybridized carbons (Fsp3) is 0.154. The third kappa shape index (κ3) is 2.78. The number of hydrogen-bond acceptors (Lipinski definition) is 6. The molecule has 8 nitrogen and oxygen atoms in total. The number of carbonyl (C=O) groups is 1. The largest absolute Gasteiger partial charge is 0.497 e. The van der Waals surface area contributed by atoms with Gasteiger partial charge in [-0.05, 0) is 18.2 Å². The van der Waals surface area contributed by atoms with Crippen molar-refractivity contribution in [3.8, 4) is 5.75 Å². The molecule has 1 aromatic carbocycles. The summed E-state index contributed by atoms with van der Waals surface area (Å²) in [4.78, 5) is 16.3. The van der Waals surface area contributed by atoms with E-state index in [1.54, 1.807) is 13.2 Å².